The Kier molecular flexibility index (Phi) is 45.3. The van der Waals surface area contributed by atoms with Crippen molar-refractivity contribution in [3.8, 4) is 0 Å². The van der Waals surface area contributed by atoms with Crippen molar-refractivity contribution in [2.45, 2.75) is 249 Å². The molecule has 660 valence electrons. The molecule has 0 unspecified atom stereocenters. The zero-order chi connectivity index (χ0) is 88.1. The number of carboxylic acid groups (broad SMARTS) is 1. The van der Waals surface area contributed by atoms with Crippen molar-refractivity contribution in [1.29, 1.82) is 0 Å². The molecule has 0 aliphatic carbocycles. The summed E-state index contributed by atoms with van der Waals surface area (Å²) in [5, 5.41) is 42.8. The first-order chi connectivity index (χ1) is 57.4. The van der Waals surface area contributed by atoms with Gasteiger partial charge in [-0.25, -0.2) is 4.79 Å². The number of nitrogens with two attached hydrogens (primary N) is 5. The zero-order valence-corrected chi connectivity index (χ0v) is 70.5. The van der Waals surface area contributed by atoms with Crippen molar-refractivity contribution in [3.63, 3.8) is 0 Å². The number of benzene rings is 4. The minimum Gasteiger partial charge on any atom is -0.480 e. The summed E-state index contributed by atoms with van der Waals surface area (Å²) in [5.74, 6) is -11.3. The van der Waals surface area contributed by atoms with E-state index in [0.29, 0.717) is 106 Å². The van der Waals surface area contributed by atoms with Crippen LogP contribution in [-0.2, 0) is 92.8 Å². The molecule has 23 N–H and O–H groups in total. The summed E-state index contributed by atoms with van der Waals surface area (Å²) in [5.41, 5.74) is 31.9. The van der Waals surface area contributed by atoms with Crippen LogP contribution in [0.3, 0.4) is 0 Å². The molecule has 4 aromatic carbocycles. The minimum absolute atomic E-state index is 0.0210. The van der Waals surface area contributed by atoms with Crippen LogP contribution in [-0.4, -0.2) is 211 Å². The Morgan fingerprint density at radius 3 is 1.00 bits per heavy atom. The number of amides is 13. The molecular formula is C87H132N18O15. The molecule has 1 aliphatic rings. The van der Waals surface area contributed by atoms with E-state index in [4.69, 9.17) is 28.7 Å². The van der Waals surface area contributed by atoms with Gasteiger partial charge in [0.25, 0.3) is 0 Å². The monoisotopic (exact) mass is 1670 g/mol. The normalized spacial score (nSPS) is 15.3. The van der Waals surface area contributed by atoms with E-state index in [2.05, 4.69) is 63.8 Å². The molecule has 1 fully saturated rings. The molecule has 1 aliphatic heterocycles. The SMILES string of the molecule is CC(C)C[C@H](NC(=O)CNC(=O)[C@H](Cc1ccccc1)NC(=O)[C@H](Cc1ccccc1)NC(=O)[C@H](CC(C)C)NC(=O)CNC(=O)[C@H](Cc1ccccc1)NC(=O)[C@H](CC(C)C)NC(=O)[C@@H]1CCCN1C(=O)[C@H](CCCCN)NC(=O)[C@H](CCCCN)NC(=O)[C@H](CCCCN)NC(=O)[C@@H](N)CCCCN)C(=O)N[C@@H](Cc1ccccc1)C(=O)O. The van der Waals surface area contributed by atoms with E-state index in [1.54, 1.807) is 121 Å². The van der Waals surface area contributed by atoms with E-state index < -0.39 is 168 Å². The summed E-state index contributed by atoms with van der Waals surface area (Å²) < 4.78 is 0. The molecule has 5 rings (SSSR count). The lowest BCUT2D eigenvalue weighted by molar-refractivity contribution is -0.143. The van der Waals surface area contributed by atoms with Crippen molar-refractivity contribution in [2.75, 3.05) is 45.8 Å². The Morgan fingerprint density at radius 1 is 0.350 bits per heavy atom. The lowest BCUT2D eigenvalue weighted by atomic mass is 10.00. The number of carbonyl (C=O) groups is 14. The highest BCUT2D eigenvalue weighted by molar-refractivity contribution is 6.00. The van der Waals surface area contributed by atoms with Crippen molar-refractivity contribution in [3.05, 3.63) is 144 Å². The average Bonchev–Trinajstić information content (AvgIpc) is 1.66. The molecule has 33 nitrogen and oxygen atoms in total. The smallest absolute Gasteiger partial charge is 0.326 e. The number of nitrogens with zero attached hydrogens (tertiary/aromatic N) is 1. The highest BCUT2D eigenvalue weighted by atomic mass is 16.4. The fraction of sp³-hybridized carbons (Fsp3) is 0.563. The number of carboxylic acids is 1. The van der Waals surface area contributed by atoms with Crippen molar-refractivity contribution < 1.29 is 72.2 Å². The van der Waals surface area contributed by atoms with Gasteiger partial charge in [-0.1, -0.05) is 169 Å². The van der Waals surface area contributed by atoms with Gasteiger partial charge in [0.15, 0.2) is 0 Å². The average molecular weight is 1670 g/mol. The molecule has 0 spiro atoms. The van der Waals surface area contributed by atoms with Crippen LogP contribution in [0.4, 0.5) is 0 Å². The van der Waals surface area contributed by atoms with E-state index in [0.717, 1.165) is 0 Å². The Balaban J connectivity index is 1.31. The molecule has 0 aromatic heterocycles. The van der Waals surface area contributed by atoms with E-state index in [1.807, 2.05) is 41.5 Å². The topological polar surface area (TPSA) is 537 Å². The zero-order valence-electron chi connectivity index (χ0n) is 70.5. The van der Waals surface area contributed by atoms with Gasteiger partial charge in [-0.3, -0.25) is 62.3 Å². The van der Waals surface area contributed by atoms with Crippen molar-refractivity contribution in [1.82, 2.24) is 68.7 Å². The number of aliphatic carboxylic acids is 1. The Bertz CT molecular complexity index is 3880. The van der Waals surface area contributed by atoms with Crippen LogP contribution < -0.4 is 92.5 Å². The van der Waals surface area contributed by atoms with Crippen LogP contribution in [0.2, 0.25) is 0 Å². The largest absolute Gasteiger partial charge is 0.480 e. The van der Waals surface area contributed by atoms with Gasteiger partial charge in [-0.2, -0.15) is 0 Å². The summed E-state index contributed by atoms with van der Waals surface area (Å²) in [6.07, 6.45) is 5.44. The molecule has 0 bridgehead atoms. The second-order valence-corrected chi connectivity index (χ2v) is 32.1. The fourth-order valence-corrected chi connectivity index (χ4v) is 14.0. The van der Waals surface area contributed by atoms with Crippen LogP contribution in [0.5, 0.6) is 0 Å². The number of unbranched alkanes of at least 4 members (excludes halogenated alkanes) is 4. The number of hydrogen-bond donors (Lipinski definition) is 18. The molecule has 0 saturated carbocycles. The molecular weight excluding hydrogens is 1540 g/mol. The van der Waals surface area contributed by atoms with Crippen LogP contribution in [0, 0.1) is 17.8 Å². The van der Waals surface area contributed by atoms with Crippen LogP contribution in [0.25, 0.3) is 0 Å². The third-order valence-electron chi connectivity index (χ3n) is 20.4. The van der Waals surface area contributed by atoms with Gasteiger partial charge in [0.05, 0.1) is 19.1 Å². The third-order valence-corrected chi connectivity index (χ3v) is 20.4. The first-order valence-corrected chi connectivity index (χ1v) is 42.3. The Morgan fingerprint density at radius 2 is 0.642 bits per heavy atom. The predicted molar refractivity (Wildman–Crippen MR) is 456 cm³/mol. The van der Waals surface area contributed by atoms with Gasteiger partial charge in [0, 0.05) is 32.2 Å². The van der Waals surface area contributed by atoms with Gasteiger partial charge in [-0.15, -0.1) is 0 Å². The quantitative estimate of drug-likeness (QED) is 0.0275. The summed E-state index contributed by atoms with van der Waals surface area (Å²) in [4.78, 5) is 200. The maximum Gasteiger partial charge on any atom is 0.326 e. The number of hydrogen-bond acceptors (Lipinski definition) is 19. The second kappa shape index (κ2) is 54.4. The van der Waals surface area contributed by atoms with E-state index >= 15 is 0 Å². The summed E-state index contributed by atoms with van der Waals surface area (Å²) in [7, 11) is 0. The standard InChI is InChI=1S/C87H132N18O15/c1-55(2)46-66(81(113)102-71(51-60-32-15-9-16-33-60)84(116)101-70(50-59-30-13-8-14-31-59)78(110)94-54-75(107)96-67(47-56(3)4)82(114)104-72(87(119)120)52-61-34-17-10-18-35-61)95-74(106)53-93-77(109)69(49-58-28-11-7-12-29-58)100-83(115)68(48-57(5)6)103-85(117)73-40-27-45-105(73)86(118)65(39-22-26-44-91)99-80(112)64(38-21-25-43-90)98-79(111)63(37-20-24-42-89)97-76(108)62(92)36-19-23-41-88/h7-18,28-35,55-57,62-73H,19-27,36-54,88-92H2,1-6H3,(H,93,109)(H,94,110)(H,95,106)(H,96,107)(H,97,108)(H,98,111)(H,99,112)(H,100,115)(H,101,116)(H,102,113)(H,103,117)(H,104,114)(H,119,120)/t62-,63-,64-,65-,66-,67-,68-,69-,70-,71-,72-,73-/m0/s1. The molecule has 120 heavy (non-hydrogen) atoms. The van der Waals surface area contributed by atoms with E-state index in [9.17, 15) is 72.2 Å². The first-order valence-electron chi connectivity index (χ1n) is 42.3. The molecule has 33 heteroatoms. The summed E-state index contributed by atoms with van der Waals surface area (Å²) >= 11 is 0. The van der Waals surface area contributed by atoms with Gasteiger partial charge in [0.1, 0.15) is 66.5 Å². The van der Waals surface area contributed by atoms with Crippen molar-refractivity contribution in [2.24, 2.45) is 46.4 Å². The minimum atomic E-state index is -1.38. The number of carbonyl (C=O) groups excluding carboxylic acids is 13. The molecule has 0 radical (unpaired) electrons. The third kappa shape index (κ3) is 36.9. The van der Waals surface area contributed by atoms with Crippen LogP contribution in [0.15, 0.2) is 121 Å². The molecule has 1 heterocycles. The molecule has 12 atom stereocenters. The van der Waals surface area contributed by atoms with Crippen molar-refractivity contribution >= 4 is 82.8 Å². The molecule has 4 aromatic rings. The Labute approximate surface area is 705 Å². The first kappa shape index (κ1) is 99.8. The number of rotatable bonds is 56. The molecule has 1 saturated heterocycles. The van der Waals surface area contributed by atoms with Gasteiger partial charge >= 0.3 is 5.97 Å². The van der Waals surface area contributed by atoms with Gasteiger partial charge in [0.2, 0.25) is 76.8 Å². The van der Waals surface area contributed by atoms with E-state index in [1.165, 1.54) is 4.90 Å². The van der Waals surface area contributed by atoms with E-state index in [-0.39, 0.29) is 101 Å². The predicted octanol–water partition coefficient (Wildman–Crippen LogP) is 1.09. The maximum absolute atomic E-state index is 14.9. The number of likely N-dealkylation sites (tertiary alicyclic amines) is 1. The Hall–Kier alpha value is -10.7. The van der Waals surface area contributed by atoms with Gasteiger partial charge in [-0.05, 0) is 169 Å². The summed E-state index contributed by atoms with van der Waals surface area (Å²) in [6.45, 7) is 11.0. The lowest BCUT2D eigenvalue weighted by Crippen LogP contribution is -2.60. The van der Waals surface area contributed by atoms with Gasteiger partial charge < -0.3 is 102 Å². The summed E-state index contributed by atoms with van der Waals surface area (Å²) in [6, 6.07) is 20.2. The van der Waals surface area contributed by atoms with Crippen LogP contribution in [0.1, 0.15) is 173 Å². The molecule has 13 amide bonds. The highest BCUT2D eigenvalue weighted by Gasteiger charge is 2.41. The highest BCUT2D eigenvalue weighted by Crippen LogP contribution is 2.23. The fourth-order valence-electron chi connectivity index (χ4n) is 14.0. The van der Waals surface area contributed by atoms with Crippen LogP contribution >= 0.6 is 0 Å². The lowest BCUT2D eigenvalue weighted by Gasteiger charge is -2.31. The number of nitrogens with one attached hydrogen (secondary N) is 12. The second-order valence-electron chi connectivity index (χ2n) is 32.1. The maximum atomic E-state index is 14.9.